The number of halogens is 1. The van der Waals surface area contributed by atoms with Crippen LogP contribution in [0.1, 0.15) is 47.1 Å². The molecule has 7 nitrogen and oxygen atoms in total. The summed E-state index contributed by atoms with van der Waals surface area (Å²) in [6.07, 6.45) is -0.0802. The number of hydrogen-bond donors (Lipinski definition) is 1. The zero-order valence-electron chi connectivity index (χ0n) is 22.2. The van der Waals surface area contributed by atoms with E-state index in [1.165, 1.54) is 18.1 Å². The van der Waals surface area contributed by atoms with E-state index in [-0.39, 0.29) is 17.4 Å². The molecule has 1 aromatic heterocycles. The second kappa shape index (κ2) is 10.2. The molecule has 0 saturated carbocycles. The molecule has 0 aliphatic carbocycles. The second-order valence-electron chi connectivity index (χ2n) is 9.89. The van der Waals surface area contributed by atoms with E-state index >= 15 is 0 Å². The van der Waals surface area contributed by atoms with E-state index in [0.29, 0.717) is 38.7 Å². The molecule has 0 spiro atoms. The van der Waals surface area contributed by atoms with Crippen molar-refractivity contribution in [3.63, 3.8) is 0 Å². The highest BCUT2D eigenvalue weighted by atomic mass is 35.5. The number of fused-ring (bicyclic) bond motifs is 1. The minimum Gasteiger partial charge on any atom is -0.503 e. The summed E-state index contributed by atoms with van der Waals surface area (Å²) in [4.78, 5) is 29.1. The Morgan fingerprint density at radius 3 is 2.44 bits per heavy atom. The van der Waals surface area contributed by atoms with E-state index in [1.807, 2.05) is 52.0 Å². The maximum absolute atomic E-state index is 14.0. The Balaban J connectivity index is 1.68. The highest BCUT2D eigenvalue weighted by molar-refractivity contribution is 6.31. The molecule has 1 amide bonds. The zero-order valence-corrected chi connectivity index (χ0v) is 23.0. The van der Waals surface area contributed by atoms with E-state index in [9.17, 15) is 14.7 Å². The Morgan fingerprint density at radius 2 is 1.77 bits per heavy atom. The number of aliphatic hydroxyl groups is 1. The third-order valence-electron chi connectivity index (χ3n) is 6.47. The predicted molar refractivity (Wildman–Crippen MR) is 150 cm³/mol. The molecule has 2 heterocycles. The van der Waals surface area contributed by atoms with Gasteiger partial charge in [-0.1, -0.05) is 29.8 Å². The molecule has 1 unspecified atom stereocenters. The van der Waals surface area contributed by atoms with Crippen molar-refractivity contribution in [3.8, 4) is 11.5 Å². The van der Waals surface area contributed by atoms with Gasteiger partial charge in [0.2, 0.25) is 5.78 Å². The van der Waals surface area contributed by atoms with Crippen LogP contribution in [-0.4, -0.2) is 30.0 Å². The zero-order chi connectivity index (χ0) is 28.0. The molecule has 0 bridgehead atoms. The summed E-state index contributed by atoms with van der Waals surface area (Å²) in [6, 6.07) is 16.7. The van der Waals surface area contributed by atoms with Crippen LogP contribution >= 0.6 is 11.6 Å². The van der Waals surface area contributed by atoms with E-state index in [4.69, 9.17) is 25.5 Å². The van der Waals surface area contributed by atoms with Crippen LogP contribution in [0.2, 0.25) is 5.02 Å². The molecular weight excluding hydrogens is 518 g/mol. The van der Waals surface area contributed by atoms with Crippen LogP contribution in [0.25, 0.3) is 11.0 Å². The van der Waals surface area contributed by atoms with E-state index in [0.717, 1.165) is 11.1 Å². The maximum atomic E-state index is 14.0. The number of nitrogens with zero attached hydrogens (tertiary/aromatic N) is 1. The van der Waals surface area contributed by atoms with Crippen LogP contribution in [-0.2, 0) is 4.79 Å². The number of carbonyl (C=O) groups is 2. The van der Waals surface area contributed by atoms with Crippen LogP contribution in [0.4, 0.5) is 5.69 Å². The fourth-order valence-corrected chi connectivity index (χ4v) is 5.24. The number of carbonyl (C=O) groups excluding carboxylic acids is 2. The van der Waals surface area contributed by atoms with Crippen molar-refractivity contribution in [2.45, 2.75) is 39.8 Å². The third-order valence-corrected chi connectivity index (χ3v) is 6.69. The summed E-state index contributed by atoms with van der Waals surface area (Å²) in [7, 11) is 1.48. The smallest absolute Gasteiger partial charge is 0.294 e. The van der Waals surface area contributed by atoms with Gasteiger partial charge in [0.15, 0.2) is 22.9 Å². The van der Waals surface area contributed by atoms with Crippen LogP contribution in [0, 0.1) is 13.8 Å². The number of ketones is 1. The van der Waals surface area contributed by atoms with Crippen molar-refractivity contribution >= 4 is 39.9 Å². The molecule has 4 aromatic rings. The lowest BCUT2D eigenvalue weighted by Crippen LogP contribution is -2.31. The molecule has 0 saturated heterocycles. The first kappa shape index (κ1) is 26.4. The molecule has 3 aromatic carbocycles. The summed E-state index contributed by atoms with van der Waals surface area (Å²) < 4.78 is 17.2. The minimum atomic E-state index is -0.930. The lowest BCUT2D eigenvalue weighted by Gasteiger charge is -2.28. The summed E-state index contributed by atoms with van der Waals surface area (Å²) in [5.41, 5.74) is 3.28. The third kappa shape index (κ3) is 4.86. The van der Waals surface area contributed by atoms with E-state index in [1.54, 1.807) is 30.3 Å². The number of aliphatic hydroxyl groups excluding tert-OH is 1. The van der Waals surface area contributed by atoms with Gasteiger partial charge >= 0.3 is 0 Å². The van der Waals surface area contributed by atoms with Gasteiger partial charge in [0.1, 0.15) is 5.75 Å². The maximum Gasteiger partial charge on any atom is 0.294 e. The Bertz CT molecular complexity index is 1630. The first-order valence-electron chi connectivity index (χ1n) is 12.5. The Hall–Kier alpha value is -4.23. The molecule has 5 rings (SSSR count). The largest absolute Gasteiger partial charge is 0.503 e. The average molecular weight is 546 g/mol. The highest BCUT2D eigenvalue weighted by Gasteiger charge is 2.45. The number of amides is 1. The van der Waals surface area contributed by atoms with Crippen molar-refractivity contribution < 1.29 is 28.6 Å². The van der Waals surface area contributed by atoms with Crippen molar-refractivity contribution in [1.29, 1.82) is 0 Å². The quantitative estimate of drug-likeness (QED) is 0.245. The Kier molecular flexibility index (Phi) is 6.87. The van der Waals surface area contributed by atoms with Gasteiger partial charge in [-0.25, -0.2) is 0 Å². The highest BCUT2D eigenvalue weighted by Crippen LogP contribution is 2.44. The molecule has 1 N–H and O–H groups in total. The number of rotatable bonds is 7. The molecule has 1 aliphatic rings. The molecule has 0 radical (unpaired) electrons. The number of benzene rings is 3. The van der Waals surface area contributed by atoms with Gasteiger partial charge in [0.25, 0.3) is 5.91 Å². The molecule has 1 aliphatic heterocycles. The number of ether oxygens (including phenoxy) is 2. The number of Topliss-reactive ketones (excluding diaryl/α,β-unsaturated/α-hetero) is 1. The monoisotopic (exact) mass is 545 g/mol. The molecule has 1 atom stereocenters. The van der Waals surface area contributed by atoms with Crippen LogP contribution in [0.15, 0.2) is 76.4 Å². The molecule has 200 valence electrons. The van der Waals surface area contributed by atoms with Crippen LogP contribution in [0.3, 0.4) is 0 Å². The van der Waals surface area contributed by atoms with Crippen molar-refractivity contribution in [2.75, 3.05) is 12.0 Å². The first-order chi connectivity index (χ1) is 18.6. The number of aryl methyl sites for hydroxylation is 2. The van der Waals surface area contributed by atoms with E-state index in [2.05, 4.69) is 0 Å². The topological polar surface area (TPSA) is 89.2 Å². The fourth-order valence-electron chi connectivity index (χ4n) is 5.02. The molecule has 0 fully saturated rings. The lowest BCUT2D eigenvalue weighted by molar-refractivity contribution is -0.117. The summed E-state index contributed by atoms with van der Waals surface area (Å²) in [5, 5.41) is 12.1. The van der Waals surface area contributed by atoms with Crippen LogP contribution in [0.5, 0.6) is 11.5 Å². The van der Waals surface area contributed by atoms with Crippen molar-refractivity contribution in [1.82, 2.24) is 0 Å². The van der Waals surface area contributed by atoms with Gasteiger partial charge < -0.3 is 19.0 Å². The Morgan fingerprint density at radius 1 is 1.05 bits per heavy atom. The number of anilines is 1. The summed E-state index contributed by atoms with van der Waals surface area (Å²) in [6.45, 7) is 7.68. The second-order valence-corrected chi connectivity index (χ2v) is 10.3. The summed E-state index contributed by atoms with van der Waals surface area (Å²) in [5.74, 6) is -1.05. The van der Waals surface area contributed by atoms with Gasteiger partial charge in [-0.15, -0.1) is 0 Å². The standard InChI is InChI=1S/C31H28ClNO6/c1-16(2)38-23-8-6-7-19(13-23)27-26(29(35)31(36)33(27)22-10-17(3)9-18(4)11-22)28(34)24-14-20-12-21(32)15-25(37-5)30(20)39-24/h6-16,27,35H,1-5H3. The van der Waals surface area contributed by atoms with Crippen molar-refractivity contribution in [3.05, 3.63) is 99.5 Å². The number of methoxy groups -OCH3 is 1. The summed E-state index contributed by atoms with van der Waals surface area (Å²) >= 11 is 6.21. The van der Waals surface area contributed by atoms with Gasteiger partial charge in [0, 0.05) is 22.2 Å². The number of furan rings is 1. The normalized spacial score (nSPS) is 15.5. The van der Waals surface area contributed by atoms with Crippen LogP contribution < -0.4 is 14.4 Å². The van der Waals surface area contributed by atoms with E-state index < -0.39 is 23.5 Å². The van der Waals surface area contributed by atoms with Gasteiger partial charge in [-0.05, 0) is 80.8 Å². The minimum absolute atomic E-state index is 0.0539. The van der Waals surface area contributed by atoms with Gasteiger partial charge in [-0.2, -0.15) is 0 Å². The molecular formula is C31H28ClNO6. The van der Waals surface area contributed by atoms with Gasteiger partial charge in [0.05, 0.1) is 24.8 Å². The van der Waals surface area contributed by atoms with Crippen molar-refractivity contribution in [2.24, 2.45) is 0 Å². The number of hydrogen-bond acceptors (Lipinski definition) is 6. The molecule has 8 heteroatoms. The SMILES string of the molecule is COc1cc(Cl)cc2cc(C(=O)C3=C(O)C(=O)N(c4cc(C)cc(C)c4)C3c3cccc(OC(C)C)c3)oc12. The van der Waals surface area contributed by atoms with Gasteiger partial charge in [-0.3, -0.25) is 14.5 Å². The Labute approximate surface area is 231 Å². The predicted octanol–water partition coefficient (Wildman–Crippen LogP) is 7.28. The lowest BCUT2D eigenvalue weighted by atomic mass is 9.94. The first-order valence-corrected chi connectivity index (χ1v) is 12.9. The molecule has 39 heavy (non-hydrogen) atoms. The fraction of sp³-hybridized carbons (Fsp3) is 0.226. The average Bonchev–Trinajstić information content (AvgIpc) is 3.41.